The molecule has 0 saturated heterocycles. The van der Waals surface area contributed by atoms with Crippen molar-refractivity contribution >= 4 is 34.1 Å². The van der Waals surface area contributed by atoms with Crippen LogP contribution in [-0.2, 0) is 19.8 Å². The number of para-hydroxylation sites is 4. The number of anilines is 6. The van der Waals surface area contributed by atoms with Crippen molar-refractivity contribution in [2.45, 2.75) is 0 Å². The van der Waals surface area contributed by atoms with E-state index in [9.17, 15) is 0 Å². The zero-order valence-electron chi connectivity index (χ0n) is 15.5. The van der Waals surface area contributed by atoms with Gasteiger partial charge in [-0.25, -0.2) is 0 Å². The number of rotatable bonds is 2. The van der Waals surface area contributed by atoms with Gasteiger partial charge in [-0.1, -0.05) is 30.3 Å². The fraction of sp³-hybridized carbons (Fsp3) is 0.182. The fourth-order valence-electron chi connectivity index (χ4n) is 4.03. The van der Waals surface area contributed by atoms with Gasteiger partial charge in [-0.2, -0.15) is 0 Å². The molecule has 0 saturated carbocycles. The first-order valence-electron chi connectivity index (χ1n) is 8.98. The van der Waals surface area contributed by atoms with E-state index in [1.807, 2.05) is 0 Å². The molecule has 0 radical (unpaired) electrons. The summed E-state index contributed by atoms with van der Waals surface area (Å²) in [6, 6.07) is 26.1. The van der Waals surface area contributed by atoms with Crippen molar-refractivity contribution in [3.05, 3.63) is 72.8 Å². The molecule has 2 heterocycles. The van der Waals surface area contributed by atoms with E-state index in [0.717, 1.165) is 13.3 Å². The molecule has 5 rings (SSSR count). The van der Waals surface area contributed by atoms with Gasteiger partial charge in [-0.3, -0.25) is 0 Å². The second-order valence-corrected chi connectivity index (χ2v) is 7.03. The summed E-state index contributed by atoms with van der Waals surface area (Å²) in [4.78, 5) is 9.34. The van der Waals surface area contributed by atoms with Crippen LogP contribution in [-0.4, -0.2) is 27.4 Å². The number of benzene rings is 3. The Balaban J connectivity index is 0.00000180. The van der Waals surface area contributed by atoms with Crippen LogP contribution in [0.15, 0.2) is 72.8 Å². The van der Waals surface area contributed by atoms with Crippen molar-refractivity contribution in [2.24, 2.45) is 0 Å². The molecular weight excluding hydrogens is 511 g/mol. The summed E-state index contributed by atoms with van der Waals surface area (Å²) in [6.07, 6.45) is 0. The first kappa shape index (κ1) is 17.9. The Morgan fingerprint density at radius 3 is 1.41 bits per heavy atom. The van der Waals surface area contributed by atoms with Gasteiger partial charge in [0.25, 0.3) is 0 Å². The average molecular weight is 533 g/mol. The van der Waals surface area contributed by atoms with E-state index >= 15 is 0 Å². The van der Waals surface area contributed by atoms with E-state index in [4.69, 9.17) is 0 Å². The first-order valence-corrected chi connectivity index (χ1v) is 8.98. The second kappa shape index (κ2) is 6.91. The molecular formula is C22H22N4Os. The van der Waals surface area contributed by atoms with Crippen molar-refractivity contribution in [1.29, 1.82) is 0 Å². The Morgan fingerprint density at radius 2 is 0.963 bits per heavy atom. The Labute approximate surface area is 173 Å². The molecule has 4 nitrogen and oxygen atoms in total. The normalized spacial score (nSPS) is 14.9. The maximum Gasteiger partial charge on any atom is 0.0950 e. The van der Waals surface area contributed by atoms with E-state index < -0.39 is 0 Å². The molecule has 2 aliphatic heterocycles. The van der Waals surface area contributed by atoms with Gasteiger partial charge in [0.1, 0.15) is 0 Å². The van der Waals surface area contributed by atoms with Gasteiger partial charge < -0.3 is 19.6 Å². The fourth-order valence-corrected chi connectivity index (χ4v) is 4.03. The van der Waals surface area contributed by atoms with Crippen molar-refractivity contribution < 1.29 is 19.8 Å². The predicted molar refractivity (Wildman–Crippen MR) is 110 cm³/mol. The molecule has 0 aliphatic carbocycles. The van der Waals surface area contributed by atoms with Crippen LogP contribution in [0.4, 0.5) is 34.1 Å². The molecule has 0 unspecified atom stereocenters. The van der Waals surface area contributed by atoms with Crippen LogP contribution in [0.1, 0.15) is 0 Å². The van der Waals surface area contributed by atoms with Crippen LogP contribution >= 0.6 is 0 Å². The van der Waals surface area contributed by atoms with E-state index in [2.05, 4.69) is 106 Å². The topological polar surface area (TPSA) is 13.0 Å². The van der Waals surface area contributed by atoms with E-state index in [0.29, 0.717) is 0 Å². The van der Waals surface area contributed by atoms with Crippen molar-refractivity contribution in [3.63, 3.8) is 0 Å². The number of hydrogen-bond donors (Lipinski definition) is 0. The molecule has 138 valence electrons. The Kier molecular flexibility index (Phi) is 4.58. The van der Waals surface area contributed by atoms with E-state index in [1.165, 1.54) is 34.1 Å². The van der Waals surface area contributed by atoms with E-state index in [1.54, 1.807) is 0 Å². The molecule has 0 bridgehead atoms. The molecule has 2 aliphatic rings. The summed E-state index contributed by atoms with van der Waals surface area (Å²) >= 11 is 0. The Hall–Kier alpha value is -2.50. The summed E-state index contributed by atoms with van der Waals surface area (Å²) in [6.45, 7) is 1.75. The van der Waals surface area contributed by atoms with Crippen LogP contribution in [0.5, 0.6) is 0 Å². The van der Waals surface area contributed by atoms with Crippen molar-refractivity contribution in [2.75, 3.05) is 47.0 Å². The third-order valence-corrected chi connectivity index (χ3v) is 5.33. The van der Waals surface area contributed by atoms with Gasteiger partial charge in [-0.05, 0) is 42.5 Å². The summed E-state index contributed by atoms with van der Waals surface area (Å²) < 4.78 is 0. The summed E-state index contributed by atoms with van der Waals surface area (Å²) in [5.41, 5.74) is 7.56. The third-order valence-electron chi connectivity index (χ3n) is 5.33. The minimum Gasteiger partial charge on any atom is -0.355 e. The van der Waals surface area contributed by atoms with E-state index in [-0.39, 0.29) is 19.8 Å². The maximum absolute atomic E-state index is 2.38. The van der Waals surface area contributed by atoms with Crippen molar-refractivity contribution in [1.82, 2.24) is 0 Å². The summed E-state index contributed by atoms with van der Waals surface area (Å²) in [5, 5.41) is 0. The van der Waals surface area contributed by atoms with Gasteiger partial charge >= 0.3 is 0 Å². The molecule has 0 spiro atoms. The van der Waals surface area contributed by atoms with Gasteiger partial charge in [0.05, 0.1) is 36.1 Å². The quantitative estimate of drug-likeness (QED) is 0.471. The summed E-state index contributed by atoms with van der Waals surface area (Å²) in [5.74, 6) is 0. The largest absolute Gasteiger partial charge is 0.355 e. The molecule has 3 aromatic rings. The van der Waals surface area contributed by atoms with Gasteiger partial charge in [-0.15, -0.1) is 0 Å². The Bertz CT molecular complexity index is 899. The molecule has 0 fully saturated rings. The molecule has 0 aromatic heterocycles. The van der Waals surface area contributed by atoms with Gasteiger partial charge in [0.2, 0.25) is 0 Å². The molecule has 5 heteroatoms. The standard InChI is InChI=1S/C22H22N4.Os/c1-23-15-25(21-12-5-3-10-19(21)23)17-8-7-9-18(14-17)26-16-24(2)20-11-4-6-13-22(20)26;/h3-14H,15-16H2,1-2H3;. The minimum atomic E-state index is 0. The zero-order valence-corrected chi connectivity index (χ0v) is 18.0. The van der Waals surface area contributed by atoms with Crippen LogP contribution < -0.4 is 19.6 Å². The van der Waals surface area contributed by atoms with Crippen LogP contribution in [0.2, 0.25) is 0 Å². The predicted octanol–water partition coefficient (Wildman–Crippen LogP) is 4.77. The molecule has 0 amide bonds. The summed E-state index contributed by atoms with van der Waals surface area (Å²) in [7, 11) is 4.29. The van der Waals surface area contributed by atoms with Crippen molar-refractivity contribution in [3.8, 4) is 0 Å². The monoisotopic (exact) mass is 534 g/mol. The number of nitrogens with zero attached hydrogens (tertiary/aromatic N) is 4. The molecule has 0 N–H and O–H groups in total. The van der Waals surface area contributed by atoms with Crippen LogP contribution in [0.3, 0.4) is 0 Å². The SMILES string of the molecule is CN1CN(c2cccc(N3CN(C)c4ccccc43)c2)c2ccccc21.[Os]. The maximum atomic E-state index is 2.38. The van der Waals surface area contributed by atoms with Crippen LogP contribution in [0, 0.1) is 0 Å². The Morgan fingerprint density at radius 1 is 0.556 bits per heavy atom. The smallest absolute Gasteiger partial charge is 0.0950 e. The first-order chi connectivity index (χ1) is 12.7. The zero-order chi connectivity index (χ0) is 17.7. The second-order valence-electron chi connectivity index (χ2n) is 7.03. The molecule has 3 aromatic carbocycles. The molecule has 0 atom stereocenters. The average Bonchev–Trinajstić information content (AvgIpc) is 3.20. The molecule has 27 heavy (non-hydrogen) atoms. The van der Waals surface area contributed by atoms with Crippen LogP contribution in [0.25, 0.3) is 0 Å². The number of fused-ring (bicyclic) bond motifs is 2. The van der Waals surface area contributed by atoms with Gasteiger partial charge in [0, 0.05) is 45.3 Å². The minimum absolute atomic E-state index is 0. The van der Waals surface area contributed by atoms with Gasteiger partial charge in [0.15, 0.2) is 0 Å². The number of hydrogen-bond acceptors (Lipinski definition) is 4. The third kappa shape index (κ3) is 2.87.